The second kappa shape index (κ2) is 8.39. The summed E-state index contributed by atoms with van der Waals surface area (Å²) in [6.45, 7) is 2.19. The summed E-state index contributed by atoms with van der Waals surface area (Å²) in [6.07, 6.45) is 0. The van der Waals surface area contributed by atoms with Crippen LogP contribution in [-0.4, -0.2) is 46.2 Å². The molecule has 146 valence electrons. The maximum atomic E-state index is 13.4. The van der Waals surface area contributed by atoms with Crippen LogP contribution >= 0.6 is 0 Å². The first kappa shape index (κ1) is 19.8. The van der Waals surface area contributed by atoms with Gasteiger partial charge in [0, 0.05) is 25.7 Å². The lowest BCUT2D eigenvalue weighted by Gasteiger charge is -2.34. The average molecular weight is 400 g/mol. The van der Waals surface area contributed by atoms with Gasteiger partial charge in [0.15, 0.2) is 11.6 Å². The number of halogens is 3. The molecule has 0 aliphatic carbocycles. The summed E-state index contributed by atoms with van der Waals surface area (Å²) in [5, 5.41) is 0. The summed E-state index contributed by atoms with van der Waals surface area (Å²) in [4.78, 5) is 1.67. The van der Waals surface area contributed by atoms with Gasteiger partial charge in [-0.05, 0) is 35.9 Å². The molecule has 1 N–H and O–H groups in total. The molecule has 2 aromatic rings. The van der Waals surface area contributed by atoms with Gasteiger partial charge in [-0.15, -0.1) is 0 Å². The highest BCUT2D eigenvalue weighted by Crippen LogP contribution is 2.23. The Balaban J connectivity index is 1.80. The lowest BCUT2D eigenvalue weighted by molar-refractivity contribution is 0.0172. The Morgan fingerprint density at radius 2 is 1.67 bits per heavy atom. The molecule has 0 spiro atoms. The topological polar surface area (TPSA) is 58.6 Å². The van der Waals surface area contributed by atoms with Crippen LogP contribution in [0.1, 0.15) is 11.6 Å². The van der Waals surface area contributed by atoms with E-state index in [2.05, 4.69) is 4.72 Å². The molecule has 27 heavy (non-hydrogen) atoms. The zero-order chi connectivity index (χ0) is 19.4. The predicted octanol–water partition coefficient (Wildman–Crippen LogP) is 2.46. The molecule has 1 aliphatic rings. The Hall–Kier alpha value is -1.94. The molecule has 1 saturated heterocycles. The molecule has 1 fully saturated rings. The zero-order valence-electron chi connectivity index (χ0n) is 14.4. The maximum absolute atomic E-state index is 13.4. The Morgan fingerprint density at radius 1 is 1.00 bits per heavy atom. The van der Waals surface area contributed by atoms with E-state index in [4.69, 9.17) is 4.74 Å². The summed E-state index contributed by atoms with van der Waals surface area (Å²) < 4.78 is 72.4. The summed E-state index contributed by atoms with van der Waals surface area (Å²) in [5.74, 6) is -2.74. The van der Waals surface area contributed by atoms with Gasteiger partial charge in [-0.3, -0.25) is 4.90 Å². The molecule has 1 heterocycles. The van der Waals surface area contributed by atoms with Gasteiger partial charge in [0.05, 0.1) is 18.1 Å². The van der Waals surface area contributed by atoms with E-state index < -0.39 is 21.7 Å². The number of hydrogen-bond donors (Lipinski definition) is 1. The van der Waals surface area contributed by atoms with Crippen LogP contribution in [0.25, 0.3) is 0 Å². The molecule has 0 aromatic heterocycles. The number of hydrogen-bond acceptors (Lipinski definition) is 4. The van der Waals surface area contributed by atoms with Gasteiger partial charge in [0.2, 0.25) is 10.0 Å². The van der Waals surface area contributed by atoms with E-state index in [9.17, 15) is 21.6 Å². The summed E-state index contributed by atoms with van der Waals surface area (Å²) >= 11 is 0. The van der Waals surface area contributed by atoms with E-state index in [0.29, 0.717) is 32.4 Å². The molecular formula is C18H19F3N2O3S. The SMILES string of the molecule is O=S(=O)(NC[C@@H](c1ccc(F)cc1)N1CCOCC1)c1ccc(F)c(F)c1. The molecule has 0 amide bonds. The maximum Gasteiger partial charge on any atom is 0.240 e. The summed E-state index contributed by atoms with van der Waals surface area (Å²) in [6, 6.07) is 7.88. The van der Waals surface area contributed by atoms with Crippen molar-refractivity contribution in [1.29, 1.82) is 0 Å². The lowest BCUT2D eigenvalue weighted by atomic mass is 10.0. The fourth-order valence-corrected chi connectivity index (χ4v) is 4.00. The third-order valence-electron chi connectivity index (χ3n) is 4.41. The van der Waals surface area contributed by atoms with Crippen molar-refractivity contribution in [1.82, 2.24) is 9.62 Å². The van der Waals surface area contributed by atoms with Gasteiger partial charge in [-0.25, -0.2) is 26.3 Å². The van der Waals surface area contributed by atoms with Gasteiger partial charge < -0.3 is 4.74 Å². The number of ether oxygens (including phenoxy) is 1. The minimum Gasteiger partial charge on any atom is -0.379 e. The first-order chi connectivity index (χ1) is 12.9. The van der Waals surface area contributed by atoms with Gasteiger partial charge >= 0.3 is 0 Å². The normalized spacial score (nSPS) is 17.0. The first-order valence-electron chi connectivity index (χ1n) is 8.39. The molecule has 2 aromatic carbocycles. The Bertz CT molecular complexity index is 885. The van der Waals surface area contributed by atoms with Crippen molar-refractivity contribution in [3.63, 3.8) is 0 Å². The summed E-state index contributed by atoms with van der Waals surface area (Å²) in [7, 11) is -4.04. The van der Waals surface area contributed by atoms with Crippen molar-refractivity contribution >= 4 is 10.0 Å². The van der Waals surface area contributed by atoms with Crippen molar-refractivity contribution in [2.24, 2.45) is 0 Å². The molecule has 9 heteroatoms. The standard InChI is InChI=1S/C18H19F3N2O3S/c19-14-3-1-13(2-4-14)18(23-7-9-26-10-8-23)12-22-27(24,25)15-5-6-16(20)17(21)11-15/h1-6,11,18,22H,7-10,12H2/t18-/m0/s1. The van der Waals surface area contributed by atoms with E-state index in [1.54, 1.807) is 12.1 Å². The Labute approximate surface area is 155 Å². The van der Waals surface area contributed by atoms with Gasteiger partial charge in [0.25, 0.3) is 0 Å². The van der Waals surface area contributed by atoms with Gasteiger partial charge in [-0.2, -0.15) is 0 Å². The van der Waals surface area contributed by atoms with Crippen LogP contribution in [-0.2, 0) is 14.8 Å². The fraction of sp³-hybridized carbons (Fsp3) is 0.333. The minimum absolute atomic E-state index is 0.00698. The fourth-order valence-electron chi connectivity index (χ4n) is 2.95. The molecule has 1 aliphatic heterocycles. The van der Waals surface area contributed by atoms with Crippen molar-refractivity contribution in [2.45, 2.75) is 10.9 Å². The number of morpholine rings is 1. The predicted molar refractivity (Wildman–Crippen MR) is 93.1 cm³/mol. The van der Waals surface area contributed by atoms with Crippen LogP contribution in [0.3, 0.4) is 0 Å². The highest BCUT2D eigenvalue weighted by molar-refractivity contribution is 7.89. The molecular weight excluding hydrogens is 381 g/mol. The van der Waals surface area contributed by atoms with Crippen LogP contribution < -0.4 is 4.72 Å². The van der Waals surface area contributed by atoms with Crippen LogP contribution in [0.4, 0.5) is 13.2 Å². The van der Waals surface area contributed by atoms with Crippen LogP contribution in [0.5, 0.6) is 0 Å². The second-order valence-corrected chi connectivity index (χ2v) is 7.91. The van der Waals surface area contributed by atoms with Crippen molar-refractivity contribution in [3.8, 4) is 0 Å². The number of rotatable bonds is 6. The van der Waals surface area contributed by atoms with Gasteiger partial charge in [-0.1, -0.05) is 12.1 Å². The minimum atomic E-state index is -4.04. The van der Waals surface area contributed by atoms with Crippen molar-refractivity contribution < 1.29 is 26.3 Å². The monoisotopic (exact) mass is 400 g/mol. The lowest BCUT2D eigenvalue weighted by Crippen LogP contribution is -2.43. The molecule has 0 saturated carbocycles. The van der Waals surface area contributed by atoms with E-state index in [1.807, 2.05) is 4.90 Å². The van der Waals surface area contributed by atoms with E-state index in [-0.39, 0.29) is 23.3 Å². The number of nitrogens with zero attached hydrogens (tertiary/aromatic N) is 1. The summed E-state index contributed by atoms with van der Waals surface area (Å²) in [5.41, 5.74) is 0.742. The third kappa shape index (κ3) is 4.86. The van der Waals surface area contributed by atoms with Crippen molar-refractivity contribution in [2.75, 3.05) is 32.8 Å². The van der Waals surface area contributed by atoms with Crippen LogP contribution in [0, 0.1) is 17.5 Å². The Kier molecular flexibility index (Phi) is 6.15. The second-order valence-electron chi connectivity index (χ2n) is 6.14. The van der Waals surface area contributed by atoms with Crippen LogP contribution in [0.15, 0.2) is 47.4 Å². The zero-order valence-corrected chi connectivity index (χ0v) is 15.2. The molecule has 5 nitrogen and oxygen atoms in total. The molecule has 0 bridgehead atoms. The smallest absolute Gasteiger partial charge is 0.240 e. The molecule has 0 unspecified atom stereocenters. The molecule has 1 atom stereocenters. The third-order valence-corrected chi connectivity index (χ3v) is 5.83. The number of nitrogens with one attached hydrogen (secondary N) is 1. The highest BCUT2D eigenvalue weighted by atomic mass is 32.2. The van der Waals surface area contributed by atoms with E-state index in [1.165, 1.54) is 12.1 Å². The van der Waals surface area contributed by atoms with Crippen molar-refractivity contribution in [3.05, 3.63) is 65.5 Å². The van der Waals surface area contributed by atoms with E-state index >= 15 is 0 Å². The number of benzene rings is 2. The van der Waals surface area contributed by atoms with Gasteiger partial charge in [0.1, 0.15) is 5.82 Å². The highest BCUT2D eigenvalue weighted by Gasteiger charge is 2.25. The number of sulfonamides is 1. The molecule has 3 rings (SSSR count). The average Bonchev–Trinajstić information content (AvgIpc) is 2.66. The van der Waals surface area contributed by atoms with E-state index in [0.717, 1.165) is 17.7 Å². The molecule has 0 radical (unpaired) electrons. The first-order valence-corrected chi connectivity index (χ1v) is 9.87. The quantitative estimate of drug-likeness (QED) is 0.809. The Morgan fingerprint density at radius 3 is 2.30 bits per heavy atom. The largest absolute Gasteiger partial charge is 0.379 e. The van der Waals surface area contributed by atoms with Crippen LogP contribution in [0.2, 0.25) is 0 Å².